The molecule has 1 aromatic carbocycles. The molecule has 6 nitrogen and oxygen atoms in total. The topological polar surface area (TPSA) is 108 Å². The summed E-state index contributed by atoms with van der Waals surface area (Å²) in [5, 5.41) is 23.7. The summed E-state index contributed by atoms with van der Waals surface area (Å²) >= 11 is 5.74. The van der Waals surface area contributed by atoms with Crippen LogP contribution in [0.15, 0.2) is 23.4 Å². The fourth-order valence-electron chi connectivity index (χ4n) is 1.80. The Morgan fingerprint density at radius 2 is 2.21 bits per heavy atom. The van der Waals surface area contributed by atoms with Gasteiger partial charge in [0.1, 0.15) is 5.75 Å². The van der Waals surface area contributed by atoms with Crippen molar-refractivity contribution in [2.45, 2.75) is 18.9 Å². The lowest BCUT2D eigenvalue weighted by Crippen LogP contribution is -2.46. The summed E-state index contributed by atoms with van der Waals surface area (Å²) in [7, 11) is 0. The molecule has 5 N–H and O–H groups in total. The van der Waals surface area contributed by atoms with Gasteiger partial charge in [0.05, 0.1) is 11.1 Å². The summed E-state index contributed by atoms with van der Waals surface area (Å²) in [6.07, 6.45) is 1.86. The van der Waals surface area contributed by atoms with Crippen LogP contribution in [0.4, 0.5) is 0 Å². The van der Waals surface area contributed by atoms with Gasteiger partial charge in [-0.3, -0.25) is 4.79 Å². The molecule has 1 aromatic rings. The van der Waals surface area contributed by atoms with Gasteiger partial charge in [-0.2, -0.15) is 0 Å². The van der Waals surface area contributed by atoms with Crippen molar-refractivity contribution in [2.24, 2.45) is 16.8 Å². The number of benzene rings is 1. The third-order valence-corrected chi connectivity index (χ3v) is 3.33. The van der Waals surface area contributed by atoms with E-state index in [0.29, 0.717) is 5.56 Å². The van der Waals surface area contributed by atoms with Crippen LogP contribution >= 0.6 is 11.6 Å². The monoisotopic (exact) mass is 283 g/mol. The number of aromatic hydroxyl groups is 1. The average molecular weight is 284 g/mol. The molecular weight excluding hydrogens is 270 g/mol. The minimum absolute atomic E-state index is 0.0132. The summed E-state index contributed by atoms with van der Waals surface area (Å²) in [4.78, 5) is 12.0. The number of nitrogens with two attached hydrogens (primary N) is 1. The molecule has 0 aromatic heterocycles. The van der Waals surface area contributed by atoms with Crippen LogP contribution in [-0.2, 0) is 0 Å². The summed E-state index contributed by atoms with van der Waals surface area (Å²) in [6, 6.07) is 3.67. The van der Waals surface area contributed by atoms with E-state index in [4.69, 9.17) is 22.5 Å². The van der Waals surface area contributed by atoms with Crippen LogP contribution in [0.5, 0.6) is 5.75 Å². The zero-order chi connectivity index (χ0) is 14.0. The molecule has 1 aliphatic rings. The van der Waals surface area contributed by atoms with E-state index >= 15 is 0 Å². The molecule has 1 amide bonds. The van der Waals surface area contributed by atoms with E-state index in [9.17, 15) is 9.90 Å². The summed E-state index contributed by atoms with van der Waals surface area (Å²) in [5.74, 6) is -0.285. The van der Waals surface area contributed by atoms with Gasteiger partial charge in [-0.05, 0) is 37.0 Å². The average Bonchev–Trinajstić information content (AvgIpc) is 3.22. The minimum Gasteiger partial charge on any atom is -0.506 e. The first-order valence-corrected chi connectivity index (χ1v) is 6.17. The van der Waals surface area contributed by atoms with Crippen LogP contribution in [0.2, 0.25) is 5.02 Å². The number of carbonyl (C=O) groups excluding carboxylic acids is 1. The predicted molar refractivity (Wildman–Crippen MR) is 70.5 cm³/mol. The van der Waals surface area contributed by atoms with E-state index in [1.165, 1.54) is 18.2 Å². The Labute approximate surface area is 114 Å². The maximum Gasteiger partial charge on any atom is 0.251 e. The summed E-state index contributed by atoms with van der Waals surface area (Å²) in [5.41, 5.74) is 5.86. The molecule has 0 saturated heterocycles. The molecule has 19 heavy (non-hydrogen) atoms. The number of phenols is 1. The van der Waals surface area contributed by atoms with E-state index in [1.54, 1.807) is 0 Å². The van der Waals surface area contributed by atoms with E-state index in [-0.39, 0.29) is 28.4 Å². The highest BCUT2D eigenvalue weighted by Crippen LogP contribution is 2.33. The Morgan fingerprint density at radius 3 is 2.74 bits per heavy atom. The minimum atomic E-state index is -0.481. The van der Waals surface area contributed by atoms with Crippen LogP contribution in [0, 0.1) is 5.92 Å². The van der Waals surface area contributed by atoms with Gasteiger partial charge in [-0.1, -0.05) is 16.8 Å². The van der Waals surface area contributed by atoms with Crippen LogP contribution in [0.25, 0.3) is 0 Å². The highest BCUT2D eigenvalue weighted by Gasteiger charge is 2.35. The molecule has 0 aliphatic heterocycles. The second kappa shape index (κ2) is 5.36. The Morgan fingerprint density at radius 1 is 1.53 bits per heavy atom. The summed E-state index contributed by atoms with van der Waals surface area (Å²) in [6.45, 7) is 0. The van der Waals surface area contributed by atoms with Crippen LogP contribution in [0.1, 0.15) is 23.2 Å². The van der Waals surface area contributed by atoms with Gasteiger partial charge in [0.2, 0.25) is 0 Å². The maximum absolute atomic E-state index is 12.0. The standard InChI is InChI=1S/C12H14ClN3O3/c13-8-5-7(3-4-9(8)17)12(18)15-10(6-1-2-6)11(14)16-19/h3-6,10,17,19H,1-2H2,(H2,14,16)(H,15,18). The van der Waals surface area contributed by atoms with E-state index in [0.717, 1.165) is 12.8 Å². The molecule has 1 fully saturated rings. The number of amidine groups is 1. The molecule has 1 unspecified atom stereocenters. The Hall–Kier alpha value is -1.95. The van der Waals surface area contributed by atoms with Crippen molar-refractivity contribution in [1.82, 2.24) is 5.32 Å². The SMILES string of the molecule is NC(=NO)C(NC(=O)c1ccc(O)c(Cl)c1)C1CC1. The summed E-state index contributed by atoms with van der Waals surface area (Å²) < 4.78 is 0. The fraction of sp³-hybridized carbons (Fsp3) is 0.333. The van der Waals surface area contributed by atoms with Crippen molar-refractivity contribution in [2.75, 3.05) is 0 Å². The Bertz CT molecular complexity index is 529. The molecule has 1 atom stereocenters. The van der Waals surface area contributed by atoms with Gasteiger partial charge in [0, 0.05) is 5.56 Å². The lowest BCUT2D eigenvalue weighted by atomic mass is 10.1. The van der Waals surface area contributed by atoms with E-state index in [2.05, 4.69) is 10.5 Å². The van der Waals surface area contributed by atoms with Crippen molar-refractivity contribution >= 4 is 23.3 Å². The molecule has 1 aliphatic carbocycles. The molecule has 0 radical (unpaired) electrons. The number of amides is 1. The molecular formula is C12H14ClN3O3. The number of carbonyl (C=O) groups is 1. The zero-order valence-electron chi connectivity index (χ0n) is 10.0. The molecule has 0 spiro atoms. The van der Waals surface area contributed by atoms with Crippen molar-refractivity contribution < 1.29 is 15.1 Å². The first-order chi connectivity index (χ1) is 9.02. The van der Waals surface area contributed by atoms with E-state index in [1.807, 2.05) is 0 Å². The van der Waals surface area contributed by atoms with E-state index < -0.39 is 6.04 Å². The molecule has 7 heteroatoms. The van der Waals surface area contributed by atoms with Gasteiger partial charge in [0.25, 0.3) is 5.91 Å². The van der Waals surface area contributed by atoms with Crippen molar-refractivity contribution in [1.29, 1.82) is 0 Å². The van der Waals surface area contributed by atoms with Gasteiger partial charge in [0.15, 0.2) is 5.84 Å². The molecule has 0 heterocycles. The maximum atomic E-state index is 12.0. The fourth-order valence-corrected chi connectivity index (χ4v) is 1.98. The van der Waals surface area contributed by atoms with Gasteiger partial charge in [-0.25, -0.2) is 0 Å². The van der Waals surface area contributed by atoms with Crippen molar-refractivity contribution in [3.8, 4) is 5.75 Å². The second-order valence-corrected chi connectivity index (χ2v) is 4.89. The van der Waals surface area contributed by atoms with Crippen molar-refractivity contribution in [3.63, 3.8) is 0 Å². The third kappa shape index (κ3) is 3.08. The van der Waals surface area contributed by atoms with Crippen LogP contribution in [-0.4, -0.2) is 28.1 Å². The second-order valence-electron chi connectivity index (χ2n) is 4.48. The normalized spacial score (nSPS) is 17.0. The highest BCUT2D eigenvalue weighted by molar-refractivity contribution is 6.32. The number of rotatable bonds is 4. The molecule has 0 bridgehead atoms. The van der Waals surface area contributed by atoms with Crippen molar-refractivity contribution in [3.05, 3.63) is 28.8 Å². The molecule has 102 valence electrons. The lowest BCUT2D eigenvalue weighted by Gasteiger charge is -2.16. The number of phenolic OH excluding ortho intramolecular Hbond substituents is 1. The highest BCUT2D eigenvalue weighted by atomic mass is 35.5. The molecule has 2 rings (SSSR count). The van der Waals surface area contributed by atoms with Gasteiger partial charge < -0.3 is 21.4 Å². The number of hydrogen-bond donors (Lipinski definition) is 4. The number of oxime groups is 1. The van der Waals surface area contributed by atoms with Gasteiger partial charge in [-0.15, -0.1) is 0 Å². The van der Waals surface area contributed by atoms with Gasteiger partial charge >= 0.3 is 0 Å². The largest absolute Gasteiger partial charge is 0.506 e. The van der Waals surface area contributed by atoms with Crippen LogP contribution in [0.3, 0.4) is 0 Å². The first-order valence-electron chi connectivity index (χ1n) is 5.79. The smallest absolute Gasteiger partial charge is 0.251 e. The Balaban J connectivity index is 2.12. The first kappa shape index (κ1) is 13.5. The molecule has 1 saturated carbocycles. The number of nitrogens with zero attached hydrogens (tertiary/aromatic N) is 1. The number of hydrogen-bond acceptors (Lipinski definition) is 4. The Kier molecular flexibility index (Phi) is 3.80. The number of nitrogens with one attached hydrogen (secondary N) is 1. The predicted octanol–water partition coefficient (Wildman–Crippen LogP) is 1.30. The quantitative estimate of drug-likeness (QED) is 0.289. The van der Waals surface area contributed by atoms with Crippen LogP contribution < -0.4 is 11.1 Å². The third-order valence-electron chi connectivity index (χ3n) is 3.02. The number of halogens is 1. The lowest BCUT2D eigenvalue weighted by molar-refractivity contribution is 0.0943. The zero-order valence-corrected chi connectivity index (χ0v) is 10.8.